The number of nitrogens with one attached hydrogen (secondary N) is 1. The molecule has 0 aromatic carbocycles. The SMILES string of the molecule is COc1ccc2nccc(CCN(Cc3ccc4c(n3)OC(=O)CN4)C34CCC(CC3)OC4)c2n1. The van der Waals surface area contributed by atoms with Gasteiger partial charge in [-0.3, -0.25) is 9.88 Å². The van der Waals surface area contributed by atoms with Gasteiger partial charge in [0, 0.05) is 30.9 Å². The number of nitrogens with zero attached hydrogens (tertiary/aromatic N) is 4. The maximum Gasteiger partial charge on any atom is 0.332 e. The average molecular weight is 476 g/mol. The van der Waals surface area contributed by atoms with Crippen molar-refractivity contribution in [2.75, 3.05) is 32.1 Å². The molecule has 1 aliphatic carbocycles. The minimum absolute atomic E-state index is 0.0186. The number of anilines is 1. The predicted molar refractivity (Wildman–Crippen MR) is 130 cm³/mol. The predicted octanol–water partition coefficient (Wildman–Crippen LogP) is 3.12. The van der Waals surface area contributed by atoms with Crippen LogP contribution in [-0.2, 0) is 22.5 Å². The van der Waals surface area contributed by atoms with Gasteiger partial charge in [-0.2, -0.15) is 0 Å². The van der Waals surface area contributed by atoms with E-state index < -0.39 is 0 Å². The molecule has 0 spiro atoms. The smallest absolute Gasteiger partial charge is 0.332 e. The summed E-state index contributed by atoms with van der Waals surface area (Å²) in [5.41, 5.74) is 4.48. The van der Waals surface area contributed by atoms with Crippen molar-refractivity contribution in [1.82, 2.24) is 19.9 Å². The van der Waals surface area contributed by atoms with E-state index in [9.17, 15) is 4.79 Å². The number of methoxy groups -OCH3 is 1. The maximum absolute atomic E-state index is 11.7. The van der Waals surface area contributed by atoms with Gasteiger partial charge in [-0.15, -0.1) is 0 Å². The summed E-state index contributed by atoms with van der Waals surface area (Å²) in [5.74, 6) is 0.628. The lowest BCUT2D eigenvalue weighted by molar-refractivity contribution is -0.138. The summed E-state index contributed by atoms with van der Waals surface area (Å²) in [5, 5.41) is 3.06. The molecule has 0 atom stereocenters. The second kappa shape index (κ2) is 9.05. The number of aromatic nitrogens is 3. The summed E-state index contributed by atoms with van der Waals surface area (Å²) in [7, 11) is 1.63. The lowest BCUT2D eigenvalue weighted by Crippen LogP contribution is -2.59. The van der Waals surface area contributed by atoms with Gasteiger partial charge in [0.25, 0.3) is 0 Å². The van der Waals surface area contributed by atoms with E-state index >= 15 is 0 Å². The molecule has 4 aliphatic rings. The Labute approximate surface area is 203 Å². The number of ether oxygens (including phenoxy) is 3. The fourth-order valence-corrected chi connectivity index (χ4v) is 5.52. The summed E-state index contributed by atoms with van der Waals surface area (Å²) >= 11 is 0. The molecule has 6 heterocycles. The standard InChI is InChI=1S/C26H29N5O4/c1-33-22-5-4-20-24(30-22)17(8-12-27-20)9-13-31(26-10-6-19(7-11-26)34-16-26)15-18-2-3-21-25(29-18)35-23(32)14-28-21/h2-5,8,12,19,28H,6-7,9-11,13-16H2,1H3. The van der Waals surface area contributed by atoms with Crippen molar-refractivity contribution in [1.29, 1.82) is 0 Å². The van der Waals surface area contributed by atoms with Crippen molar-refractivity contribution in [2.24, 2.45) is 0 Å². The largest absolute Gasteiger partial charge is 0.481 e. The first-order valence-corrected chi connectivity index (χ1v) is 12.2. The van der Waals surface area contributed by atoms with Crippen LogP contribution in [0.25, 0.3) is 11.0 Å². The first kappa shape index (κ1) is 22.2. The second-order valence-electron chi connectivity index (χ2n) is 9.58. The maximum atomic E-state index is 11.7. The molecule has 0 amide bonds. The zero-order valence-electron chi connectivity index (χ0n) is 19.8. The topological polar surface area (TPSA) is 98.7 Å². The van der Waals surface area contributed by atoms with Crippen molar-refractivity contribution >= 4 is 22.7 Å². The van der Waals surface area contributed by atoms with Gasteiger partial charge in [0.2, 0.25) is 11.8 Å². The zero-order chi connectivity index (χ0) is 23.8. The molecule has 2 saturated heterocycles. The molecule has 9 nitrogen and oxygen atoms in total. The van der Waals surface area contributed by atoms with Gasteiger partial charge < -0.3 is 19.5 Å². The third-order valence-electron chi connectivity index (χ3n) is 7.53. The van der Waals surface area contributed by atoms with Crippen LogP contribution in [0.3, 0.4) is 0 Å². The highest BCUT2D eigenvalue weighted by atomic mass is 16.5. The Morgan fingerprint density at radius 3 is 2.86 bits per heavy atom. The first-order valence-electron chi connectivity index (χ1n) is 12.2. The van der Waals surface area contributed by atoms with Gasteiger partial charge in [0.05, 0.1) is 42.2 Å². The lowest BCUT2D eigenvalue weighted by Gasteiger charge is -2.52. The van der Waals surface area contributed by atoms with E-state index in [1.807, 2.05) is 36.5 Å². The molecular weight excluding hydrogens is 446 g/mol. The van der Waals surface area contributed by atoms with E-state index in [4.69, 9.17) is 14.2 Å². The van der Waals surface area contributed by atoms with Crippen LogP contribution in [0.15, 0.2) is 36.5 Å². The van der Waals surface area contributed by atoms with Gasteiger partial charge in [-0.25, -0.2) is 14.8 Å². The second-order valence-corrected chi connectivity index (χ2v) is 9.58. The van der Waals surface area contributed by atoms with Gasteiger partial charge >= 0.3 is 5.97 Å². The van der Waals surface area contributed by atoms with Crippen LogP contribution < -0.4 is 14.8 Å². The van der Waals surface area contributed by atoms with E-state index in [0.717, 1.165) is 73.2 Å². The highest BCUT2D eigenvalue weighted by Crippen LogP contribution is 2.41. The Morgan fingerprint density at radius 2 is 2.06 bits per heavy atom. The number of fused-ring (bicyclic) bond motifs is 5. The highest BCUT2D eigenvalue weighted by Gasteiger charge is 2.45. The number of hydrogen-bond donors (Lipinski definition) is 1. The molecule has 9 heteroatoms. The average Bonchev–Trinajstić information content (AvgIpc) is 2.91. The van der Waals surface area contributed by atoms with Crippen molar-refractivity contribution in [3.05, 3.63) is 47.8 Å². The normalized spacial score (nSPS) is 23.1. The van der Waals surface area contributed by atoms with Crippen LogP contribution in [0.2, 0.25) is 0 Å². The van der Waals surface area contributed by atoms with E-state index in [1.165, 1.54) is 0 Å². The first-order chi connectivity index (χ1) is 17.1. The minimum atomic E-state index is -0.316. The summed E-state index contributed by atoms with van der Waals surface area (Å²) in [4.78, 5) is 28.1. The van der Waals surface area contributed by atoms with Crippen LogP contribution in [-0.4, -0.2) is 64.3 Å². The molecule has 7 rings (SSSR count). The third-order valence-corrected chi connectivity index (χ3v) is 7.53. The lowest BCUT2D eigenvalue weighted by atomic mass is 9.76. The fourth-order valence-electron chi connectivity index (χ4n) is 5.52. The number of carbonyl (C=O) groups is 1. The van der Waals surface area contributed by atoms with Gasteiger partial charge in [0.1, 0.15) is 6.54 Å². The Bertz CT molecular complexity index is 1240. The molecule has 0 radical (unpaired) electrons. The summed E-state index contributed by atoms with van der Waals surface area (Å²) < 4.78 is 16.9. The van der Waals surface area contributed by atoms with Crippen molar-refractivity contribution in [3.63, 3.8) is 0 Å². The van der Waals surface area contributed by atoms with E-state index in [-0.39, 0.29) is 18.1 Å². The van der Waals surface area contributed by atoms with Gasteiger partial charge in [0.15, 0.2) is 0 Å². The fraction of sp³-hybridized carbons (Fsp3) is 0.462. The monoisotopic (exact) mass is 475 g/mol. The van der Waals surface area contributed by atoms with Crippen LogP contribution in [0, 0.1) is 0 Å². The van der Waals surface area contributed by atoms with Gasteiger partial charge in [-0.05, 0) is 61.9 Å². The minimum Gasteiger partial charge on any atom is -0.481 e. The Morgan fingerprint density at radius 1 is 1.17 bits per heavy atom. The van der Waals surface area contributed by atoms with Crippen molar-refractivity contribution in [2.45, 2.75) is 50.3 Å². The van der Waals surface area contributed by atoms with Crippen molar-refractivity contribution in [3.8, 4) is 11.8 Å². The van der Waals surface area contributed by atoms with Crippen LogP contribution >= 0.6 is 0 Å². The molecule has 0 unspecified atom stereocenters. The number of esters is 1. The third kappa shape index (κ3) is 4.30. The van der Waals surface area contributed by atoms with Crippen molar-refractivity contribution < 1.29 is 19.0 Å². The molecule has 3 fully saturated rings. The van der Waals surface area contributed by atoms with E-state index in [0.29, 0.717) is 24.4 Å². The molecule has 182 valence electrons. The van der Waals surface area contributed by atoms with E-state index in [1.54, 1.807) is 7.11 Å². The number of pyridine rings is 3. The molecule has 35 heavy (non-hydrogen) atoms. The molecule has 1 saturated carbocycles. The number of carbonyl (C=O) groups excluding carboxylic acids is 1. The molecule has 1 N–H and O–H groups in total. The van der Waals surface area contributed by atoms with Gasteiger partial charge in [-0.1, -0.05) is 0 Å². The summed E-state index contributed by atoms with van der Waals surface area (Å²) in [6.45, 7) is 2.38. The van der Waals surface area contributed by atoms with Crippen LogP contribution in [0.4, 0.5) is 5.69 Å². The summed E-state index contributed by atoms with van der Waals surface area (Å²) in [6, 6.07) is 9.79. The Balaban J connectivity index is 1.29. The molecular formula is C26H29N5O4. The highest BCUT2D eigenvalue weighted by molar-refractivity contribution is 5.82. The van der Waals surface area contributed by atoms with Crippen LogP contribution in [0.5, 0.6) is 11.8 Å². The molecule has 3 aromatic rings. The zero-order valence-corrected chi connectivity index (χ0v) is 19.8. The Hall–Kier alpha value is -3.30. The molecule has 3 aliphatic heterocycles. The number of hydrogen-bond acceptors (Lipinski definition) is 9. The quantitative estimate of drug-likeness (QED) is 0.517. The summed E-state index contributed by atoms with van der Waals surface area (Å²) in [6.07, 6.45) is 7.46. The van der Waals surface area contributed by atoms with Crippen LogP contribution in [0.1, 0.15) is 36.9 Å². The Kier molecular flexibility index (Phi) is 5.74. The molecule has 2 bridgehead atoms. The number of rotatable bonds is 7. The molecule has 3 aromatic heterocycles. The van der Waals surface area contributed by atoms with E-state index in [2.05, 4.69) is 25.2 Å².